The van der Waals surface area contributed by atoms with E-state index in [9.17, 15) is 14.3 Å². The van der Waals surface area contributed by atoms with Gasteiger partial charge in [-0.3, -0.25) is 9.69 Å². The SMILES string of the molecule is O=C(CN1CCCC1CO)NCc1ccccc1F. The van der Waals surface area contributed by atoms with Crippen molar-refractivity contribution in [2.24, 2.45) is 0 Å². The lowest BCUT2D eigenvalue weighted by Crippen LogP contribution is -2.41. The van der Waals surface area contributed by atoms with Crippen molar-refractivity contribution >= 4 is 5.91 Å². The van der Waals surface area contributed by atoms with Crippen LogP contribution >= 0.6 is 0 Å². The quantitative estimate of drug-likeness (QED) is 0.832. The Bertz CT molecular complexity index is 439. The van der Waals surface area contributed by atoms with Crippen LogP contribution in [0, 0.1) is 5.82 Å². The fraction of sp³-hybridized carbons (Fsp3) is 0.500. The van der Waals surface area contributed by atoms with E-state index in [4.69, 9.17) is 0 Å². The number of rotatable bonds is 5. The summed E-state index contributed by atoms with van der Waals surface area (Å²) >= 11 is 0. The first-order valence-corrected chi connectivity index (χ1v) is 6.55. The van der Waals surface area contributed by atoms with Crippen LogP contribution in [0.15, 0.2) is 24.3 Å². The number of halogens is 1. The predicted molar refractivity (Wildman–Crippen MR) is 69.9 cm³/mol. The number of likely N-dealkylation sites (tertiary alicyclic amines) is 1. The maximum Gasteiger partial charge on any atom is 0.234 e. The highest BCUT2D eigenvalue weighted by Crippen LogP contribution is 2.15. The van der Waals surface area contributed by atoms with Crippen molar-refractivity contribution in [3.63, 3.8) is 0 Å². The minimum atomic E-state index is -0.308. The van der Waals surface area contributed by atoms with Crippen LogP contribution in [0.3, 0.4) is 0 Å². The van der Waals surface area contributed by atoms with Crippen LogP contribution in [0.25, 0.3) is 0 Å². The number of aliphatic hydroxyl groups is 1. The number of hydrogen-bond donors (Lipinski definition) is 2. The van der Waals surface area contributed by atoms with Crippen LogP contribution in [0.2, 0.25) is 0 Å². The molecule has 2 rings (SSSR count). The Kier molecular flexibility index (Phi) is 4.87. The van der Waals surface area contributed by atoms with Gasteiger partial charge in [0.25, 0.3) is 0 Å². The zero-order valence-corrected chi connectivity index (χ0v) is 10.8. The van der Waals surface area contributed by atoms with Crippen molar-refractivity contribution in [1.29, 1.82) is 0 Å². The Morgan fingerprint density at radius 3 is 3.00 bits per heavy atom. The molecule has 1 amide bonds. The van der Waals surface area contributed by atoms with Crippen molar-refractivity contribution in [2.75, 3.05) is 19.7 Å². The summed E-state index contributed by atoms with van der Waals surface area (Å²) in [4.78, 5) is 13.8. The molecule has 1 heterocycles. The average Bonchev–Trinajstić information content (AvgIpc) is 2.85. The first kappa shape index (κ1) is 14.0. The van der Waals surface area contributed by atoms with Crippen LogP contribution in [-0.4, -0.2) is 41.7 Å². The van der Waals surface area contributed by atoms with Crippen molar-refractivity contribution in [2.45, 2.75) is 25.4 Å². The van der Waals surface area contributed by atoms with E-state index in [1.54, 1.807) is 18.2 Å². The van der Waals surface area contributed by atoms with E-state index in [1.807, 2.05) is 4.90 Å². The lowest BCUT2D eigenvalue weighted by atomic mass is 10.2. The molecule has 0 bridgehead atoms. The van der Waals surface area contributed by atoms with Crippen LogP contribution in [-0.2, 0) is 11.3 Å². The molecule has 0 radical (unpaired) electrons. The second-order valence-electron chi connectivity index (χ2n) is 4.82. The van der Waals surface area contributed by atoms with Gasteiger partial charge in [-0.25, -0.2) is 4.39 Å². The van der Waals surface area contributed by atoms with E-state index in [2.05, 4.69) is 5.32 Å². The molecule has 1 aromatic rings. The Balaban J connectivity index is 1.80. The third-order valence-electron chi connectivity index (χ3n) is 3.49. The van der Waals surface area contributed by atoms with Gasteiger partial charge in [0.05, 0.1) is 13.2 Å². The number of aliphatic hydroxyl groups excluding tert-OH is 1. The van der Waals surface area contributed by atoms with E-state index in [0.29, 0.717) is 5.56 Å². The number of hydrogen-bond acceptors (Lipinski definition) is 3. The number of carbonyl (C=O) groups excluding carboxylic acids is 1. The summed E-state index contributed by atoms with van der Waals surface area (Å²) in [5, 5.41) is 11.9. The second-order valence-corrected chi connectivity index (χ2v) is 4.82. The van der Waals surface area contributed by atoms with Gasteiger partial charge in [0.15, 0.2) is 0 Å². The number of benzene rings is 1. The number of nitrogens with zero attached hydrogens (tertiary/aromatic N) is 1. The molecule has 1 saturated heterocycles. The highest BCUT2D eigenvalue weighted by Gasteiger charge is 2.25. The van der Waals surface area contributed by atoms with Crippen molar-refractivity contribution in [1.82, 2.24) is 10.2 Å². The lowest BCUT2D eigenvalue weighted by Gasteiger charge is -2.21. The van der Waals surface area contributed by atoms with Gasteiger partial charge in [-0.1, -0.05) is 18.2 Å². The molecule has 19 heavy (non-hydrogen) atoms. The van der Waals surface area contributed by atoms with Gasteiger partial charge in [-0.05, 0) is 25.5 Å². The molecule has 1 atom stereocenters. The summed E-state index contributed by atoms with van der Waals surface area (Å²) in [6, 6.07) is 6.48. The van der Waals surface area contributed by atoms with Gasteiger partial charge in [0.1, 0.15) is 5.82 Å². The van der Waals surface area contributed by atoms with Gasteiger partial charge in [-0.2, -0.15) is 0 Å². The Hall–Kier alpha value is -1.46. The minimum Gasteiger partial charge on any atom is -0.395 e. The van der Waals surface area contributed by atoms with E-state index in [1.165, 1.54) is 6.07 Å². The molecule has 1 aromatic carbocycles. The molecular formula is C14H19FN2O2. The predicted octanol–water partition coefficient (Wildman–Crippen LogP) is 0.899. The first-order valence-electron chi connectivity index (χ1n) is 6.55. The van der Waals surface area contributed by atoms with Gasteiger partial charge >= 0.3 is 0 Å². The van der Waals surface area contributed by atoms with Crippen molar-refractivity contribution < 1.29 is 14.3 Å². The smallest absolute Gasteiger partial charge is 0.234 e. The monoisotopic (exact) mass is 266 g/mol. The van der Waals surface area contributed by atoms with Crippen LogP contribution in [0.5, 0.6) is 0 Å². The fourth-order valence-corrected chi connectivity index (χ4v) is 2.39. The molecule has 104 valence electrons. The Morgan fingerprint density at radius 1 is 1.47 bits per heavy atom. The number of amides is 1. The normalized spacial score (nSPS) is 19.6. The fourth-order valence-electron chi connectivity index (χ4n) is 2.39. The van der Waals surface area contributed by atoms with E-state index < -0.39 is 0 Å². The van der Waals surface area contributed by atoms with E-state index in [0.717, 1.165) is 19.4 Å². The van der Waals surface area contributed by atoms with Gasteiger partial charge in [-0.15, -0.1) is 0 Å². The molecule has 1 unspecified atom stereocenters. The third kappa shape index (κ3) is 3.75. The highest BCUT2D eigenvalue weighted by atomic mass is 19.1. The van der Waals surface area contributed by atoms with E-state index >= 15 is 0 Å². The molecule has 1 aliphatic heterocycles. The minimum absolute atomic E-state index is 0.0826. The third-order valence-corrected chi connectivity index (χ3v) is 3.49. The van der Waals surface area contributed by atoms with Crippen molar-refractivity contribution in [3.8, 4) is 0 Å². The Labute approximate surface area is 112 Å². The number of nitrogens with one attached hydrogen (secondary N) is 1. The number of carbonyl (C=O) groups is 1. The highest BCUT2D eigenvalue weighted by molar-refractivity contribution is 5.78. The summed E-state index contributed by atoms with van der Waals surface area (Å²) in [6.45, 7) is 1.38. The summed E-state index contributed by atoms with van der Waals surface area (Å²) < 4.78 is 13.4. The zero-order chi connectivity index (χ0) is 13.7. The van der Waals surface area contributed by atoms with E-state index in [-0.39, 0.29) is 37.5 Å². The molecule has 5 heteroatoms. The van der Waals surface area contributed by atoms with Crippen LogP contribution in [0.1, 0.15) is 18.4 Å². The molecule has 0 aromatic heterocycles. The topological polar surface area (TPSA) is 52.6 Å². The summed E-state index contributed by atoms with van der Waals surface area (Å²) in [6.07, 6.45) is 1.93. The maximum absolute atomic E-state index is 13.4. The second kappa shape index (κ2) is 6.63. The van der Waals surface area contributed by atoms with Crippen LogP contribution < -0.4 is 5.32 Å². The molecule has 0 saturated carbocycles. The maximum atomic E-state index is 13.4. The summed E-state index contributed by atoms with van der Waals surface area (Å²) in [5.74, 6) is -0.444. The molecule has 0 spiro atoms. The summed E-state index contributed by atoms with van der Waals surface area (Å²) in [7, 11) is 0. The molecule has 4 nitrogen and oxygen atoms in total. The summed E-state index contributed by atoms with van der Waals surface area (Å²) in [5.41, 5.74) is 0.482. The van der Waals surface area contributed by atoms with Gasteiger partial charge < -0.3 is 10.4 Å². The molecule has 1 aliphatic rings. The molecule has 1 fully saturated rings. The van der Waals surface area contributed by atoms with Gasteiger partial charge in [0, 0.05) is 18.2 Å². The van der Waals surface area contributed by atoms with Gasteiger partial charge in [0.2, 0.25) is 5.91 Å². The lowest BCUT2D eigenvalue weighted by molar-refractivity contribution is -0.122. The average molecular weight is 266 g/mol. The van der Waals surface area contributed by atoms with Crippen LogP contribution in [0.4, 0.5) is 4.39 Å². The first-order chi connectivity index (χ1) is 9.20. The largest absolute Gasteiger partial charge is 0.395 e. The molecular weight excluding hydrogens is 247 g/mol. The zero-order valence-electron chi connectivity index (χ0n) is 10.8. The molecule has 2 N–H and O–H groups in total. The standard InChI is InChI=1S/C14H19FN2O2/c15-13-6-2-1-4-11(13)8-16-14(19)9-17-7-3-5-12(17)10-18/h1-2,4,6,12,18H,3,5,7-10H2,(H,16,19). The molecule has 0 aliphatic carbocycles. The Morgan fingerprint density at radius 2 is 2.26 bits per heavy atom. The van der Waals surface area contributed by atoms with Crippen molar-refractivity contribution in [3.05, 3.63) is 35.6 Å².